The lowest BCUT2D eigenvalue weighted by molar-refractivity contribution is 0.521. The summed E-state index contributed by atoms with van der Waals surface area (Å²) < 4.78 is 41.4. The molecule has 0 aliphatic carbocycles. The highest BCUT2D eigenvalue weighted by atomic mass is 127. The first-order valence-electron chi connectivity index (χ1n) is 5.60. The van der Waals surface area contributed by atoms with Gasteiger partial charge in [0.2, 0.25) is 0 Å². The summed E-state index contributed by atoms with van der Waals surface area (Å²) in [5.41, 5.74) is 0.572. The van der Waals surface area contributed by atoms with E-state index in [1.165, 1.54) is 36.4 Å². The lowest BCUT2D eigenvalue weighted by Gasteiger charge is -2.20. The topological polar surface area (TPSA) is 12.0 Å². The van der Waals surface area contributed by atoms with Gasteiger partial charge in [-0.3, -0.25) is 0 Å². The molecule has 1 N–H and O–H groups in total. The minimum atomic E-state index is -0.659. The van der Waals surface area contributed by atoms with Crippen molar-refractivity contribution in [2.24, 2.45) is 0 Å². The Morgan fingerprint density at radius 1 is 1.05 bits per heavy atom. The highest BCUT2D eigenvalue weighted by molar-refractivity contribution is 14.1. The Morgan fingerprint density at radius 2 is 1.68 bits per heavy atom. The summed E-state index contributed by atoms with van der Waals surface area (Å²) >= 11 is 1.95. The van der Waals surface area contributed by atoms with Crippen molar-refractivity contribution in [3.05, 3.63) is 68.5 Å². The van der Waals surface area contributed by atoms with Crippen LogP contribution in [0.1, 0.15) is 17.2 Å². The molecule has 0 aliphatic heterocycles. The quantitative estimate of drug-likeness (QED) is 0.797. The van der Waals surface area contributed by atoms with Gasteiger partial charge in [-0.2, -0.15) is 0 Å². The summed E-state index contributed by atoms with van der Waals surface area (Å²) in [5.74, 6) is -1.63. The molecule has 0 fully saturated rings. The summed E-state index contributed by atoms with van der Waals surface area (Å²) in [5, 5.41) is 2.87. The zero-order valence-corrected chi connectivity index (χ0v) is 12.2. The van der Waals surface area contributed by atoms with Gasteiger partial charge in [0.25, 0.3) is 0 Å². The number of hydrogen-bond donors (Lipinski definition) is 1. The zero-order chi connectivity index (χ0) is 14.0. The van der Waals surface area contributed by atoms with E-state index in [1.54, 1.807) is 7.05 Å². The number of hydrogen-bond acceptors (Lipinski definition) is 1. The van der Waals surface area contributed by atoms with Crippen LogP contribution in [0, 0.1) is 21.0 Å². The van der Waals surface area contributed by atoms with Gasteiger partial charge in [-0.15, -0.1) is 0 Å². The molecule has 100 valence electrons. The van der Waals surface area contributed by atoms with Crippen molar-refractivity contribution in [2.45, 2.75) is 6.04 Å². The zero-order valence-electron chi connectivity index (χ0n) is 10.1. The monoisotopic (exact) mass is 377 g/mol. The molecule has 2 rings (SSSR count). The Balaban J connectivity index is 2.56. The molecule has 0 bridgehead atoms. The maximum atomic E-state index is 13.8. The fourth-order valence-corrected chi connectivity index (χ4v) is 2.77. The molecule has 0 saturated heterocycles. The summed E-state index contributed by atoms with van der Waals surface area (Å²) in [7, 11) is 1.61. The van der Waals surface area contributed by atoms with E-state index in [-0.39, 0.29) is 11.4 Å². The fraction of sp³-hybridized carbons (Fsp3) is 0.143. The molecule has 0 saturated carbocycles. The lowest BCUT2D eigenvalue weighted by Crippen LogP contribution is -2.21. The van der Waals surface area contributed by atoms with Gasteiger partial charge < -0.3 is 5.32 Å². The molecular formula is C14H11F3IN. The van der Waals surface area contributed by atoms with Crippen LogP contribution in [0.4, 0.5) is 13.2 Å². The minimum Gasteiger partial charge on any atom is -0.309 e. The molecule has 1 atom stereocenters. The second kappa shape index (κ2) is 5.92. The number of benzene rings is 2. The average Bonchev–Trinajstić information content (AvgIpc) is 2.35. The Kier molecular flexibility index (Phi) is 4.46. The van der Waals surface area contributed by atoms with E-state index in [0.717, 1.165) is 0 Å². The molecule has 0 aromatic heterocycles. The van der Waals surface area contributed by atoms with Crippen molar-refractivity contribution in [1.29, 1.82) is 0 Å². The molecule has 5 heteroatoms. The molecule has 0 aliphatic rings. The van der Waals surface area contributed by atoms with Crippen molar-refractivity contribution >= 4 is 22.6 Å². The van der Waals surface area contributed by atoms with Crippen LogP contribution in [0.2, 0.25) is 0 Å². The van der Waals surface area contributed by atoms with Crippen molar-refractivity contribution in [2.75, 3.05) is 7.05 Å². The van der Waals surface area contributed by atoms with Gasteiger partial charge in [0.15, 0.2) is 0 Å². The Hall–Kier alpha value is -1.08. The van der Waals surface area contributed by atoms with E-state index in [0.29, 0.717) is 9.13 Å². The van der Waals surface area contributed by atoms with E-state index in [1.807, 2.05) is 22.6 Å². The normalized spacial score (nSPS) is 12.5. The smallest absolute Gasteiger partial charge is 0.131 e. The van der Waals surface area contributed by atoms with E-state index < -0.39 is 17.7 Å². The number of nitrogens with one attached hydrogen (secondary N) is 1. The predicted molar refractivity (Wildman–Crippen MR) is 76.4 cm³/mol. The van der Waals surface area contributed by atoms with Crippen LogP contribution >= 0.6 is 22.6 Å². The van der Waals surface area contributed by atoms with Gasteiger partial charge in [0, 0.05) is 9.13 Å². The Morgan fingerprint density at radius 3 is 2.21 bits per heavy atom. The Bertz CT molecular complexity index is 581. The van der Waals surface area contributed by atoms with Gasteiger partial charge in [0.05, 0.1) is 6.04 Å². The largest absolute Gasteiger partial charge is 0.309 e. The molecule has 0 heterocycles. The molecule has 0 spiro atoms. The second-order valence-electron chi connectivity index (χ2n) is 4.02. The molecule has 2 aromatic rings. The van der Waals surface area contributed by atoms with Gasteiger partial charge in [-0.05, 0) is 59.5 Å². The third-order valence-electron chi connectivity index (χ3n) is 2.85. The van der Waals surface area contributed by atoms with Gasteiger partial charge in [-0.25, -0.2) is 13.2 Å². The third kappa shape index (κ3) is 2.92. The van der Waals surface area contributed by atoms with Gasteiger partial charge in [-0.1, -0.05) is 12.1 Å². The van der Waals surface area contributed by atoms with Crippen molar-refractivity contribution < 1.29 is 13.2 Å². The SMILES string of the molecule is CNC(c1ccc(F)cc1I)c1c(F)cccc1F. The first kappa shape index (κ1) is 14.3. The van der Waals surface area contributed by atoms with Crippen molar-refractivity contribution in [1.82, 2.24) is 5.32 Å². The maximum absolute atomic E-state index is 13.8. The molecular weight excluding hydrogens is 366 g/mol. The molecule has 1 unspecified atom stereocenters. The van der Waals surface area contributed by atoms with E-state index in [4.69, 9.17) is 0 Å². The van der Waals surface area contributed by atoms with E-state index in [9.17, 15) is 13.2 Å². The summed E-state index contributed by atoms with van der Waals surface area (Å²) in [6.45, 7) is 0. The van der Waals surface area contributed by atoms with Crippen LogP contribution in [0.3, 0.4) is 0 Å². The molecule has 2 aromatic carbocycles. The fourth-order valence-electron chi connectivity index (χ4n) is 1.98. The molecule has 19 heavy (non-hydrogen) atoms. The number of halogens is 4. The van der Waals surface area contributed by atoms with Crippen LogP contribution in [-0.4, -0.2) is 7.05 Å². The van der Waals surface area contributed by atoms with Gasteiger partial charge >= 0.3 is 0 Å². The van der Waals surface area contributed by atoms with Crippen molar-refractivity contribution in [3.63, 3.8) is 0 Å². The molecule has 0 radical (unpaired) electrons. The first-order valence-corrected chi connectivity index (χ1v) is 6.68. The first-order chi connectivity index (χ1) is 9.04. The van der Waals surface area contributed by atoms with Crippen LogP contribution in [-0.2, 0) is 0 Å². The lowest BCUT2D eigenvalue weighted by atomic mass is 9.98. The predicted octanol–water partition coefficient (Wildman–Crippen LogP) is 4.02. The number of rotatable bonds is 3. The summed E-state index contributed by atoms with van der Waals surface area (Å²) in [6, 6.07) is 7.21. The summed E-state index contributed by atoms with van der Waals surface area (Å²) in [4.78, 5) is 0. The third-order valence-corrected chi connectivity index (χ3v) is 3.78. The second-order valence-corrected chi connectivity index (χ2v) is 5.19. The molecule has 1 nitrogen and oxygen atoms in total. The standard InChI is InChI=1S/C14H11F3IN/c1-19-14(9-6-5-8(15)7-12(9)18)13-10(16)3-2-4-11(13)17/h2-7,14,19H,1H3. The maximum Gasteiger partial charge on any atom is 0.131 e. The van der Waals surface area contributed by atoms with E-state index in [2.05, 4.69) is 5.32 Å². The van der Waals surface area contributed by atoms with E-state index >= 15 is 0 Å². The van der Waals surface area contributed by atoms with Gasteiger partial charge in [0.1, 0.15) is 17.5 Å². The summed E-state index contributed by atoms with van der Waals surface area (Å²) in [6.07, 6.45) is 0. The highest BCUT2D eigenvalue weighted by Gasteiger charge is 2.22. The minimum absolute atomic E-state index is 0.0606. The average molecular weight is 377 g/mol. The molecule has 0 amide bonds. The highest BCUT2D eigenvalue weighted by Crippen LogP contribution is 2.29. The van der Waals surface area contributed by atoms with Crippen LogP contribution in [0.5, 0.6) is 0 Å². The van der Waals surface area contributed by atoms with Crippen LogP contribution in [0.15, 0.2) is 36.4 Å². The van der Waals surface area contributed by atoms with Crippen LogP contribution in [0.25, 0.3) is 0 Å². The van der Waals surface area contributed by atoms with Crippen molar-refractivity contribution in [3.8, 4) is 0 Å². The van der Waals surface area contributed by atoms with Crippen LogP contribution < -0.4 is 5.32 Å². The Labute approximate surface area is 123 Å².